The van der Waals surface area contributed by atoms with E-state index in [-0.39, 0.29) is 5.97 Å². The van der Waals surface area contributed by atoms with Gasteiger partial charge in [0.2, 0.25) is 5.60 Å². The lowest BCUT2D eigenvalue weighted by atomic mass is 9.66. The summed E-state index contributed by atoms with van der Waals surface area (Å²) in [5.74, 6) is -0.255. The number of esters is 2. The summed E-state index contributed by atoms with van der Waals surface area (Å²) in [6.45, 7) is 5.75. The topological polar surface area (TPSA) is 65.5 Å². The second-order valence-electron chi connectivity index (χ2n) is 8.45. The molecule has 1 aliphatic heterocycles. The molecule has 1 aliphatic carbocycles. The number of carbonyl (C=O) groups is 2. The molecule has 0 radical (unpaired) electrons. The van der Waals surface area contributed by atoms with E-state index in [1.807, 2.05) is 69.3 Å². The van der Waals surface area contributed by atoms with E-state index in [4.69, 9.17) is 9.47 Å². The molecular weight excluding hydrogens is 386 g/mol. The average molecular weight is 412 g/mol. The van der Waals surface area contributed by atoms with Crippen molar-refractivity contribution in [2.24, 2.45) is 10.8 Å². The minimum atomic E-state index is -1.23. The number of thioether (sulfide) groups is 1. The van der Waals surface area contributed by atoms with E-state index in [9.17, 15) is 9.59 Å². The molecule has 1 aromatic heterocycles. The van der Waals surface area contributed by atoms with Gasteiger partial charge in [0.1, 0.15) is 0 Å². The average Bonchev–Trinajstić information content (AvgIpc) is 3.03. The summed E-state index contributed by atoms with van der Waals surface area (Å²) in [7, 11) is 0. The predicted octanol–water partition coefficient (Wildman–Crippen LogP) is 4.58. The Morgan fingerprint density at radius 1 is 1.14 bits per heavy atom. The molecule has 2 fully saturated rings. The molecule has 6 heteroatoms. The Morgan fingerprint density at radius 2 is 1.86 bits per heavy atom. The zero-order chi connectivity index (χ0) is 20.7. The van der Waals surface area contributed by atoms with Gasteiger partial charge in [-0.05, 0) is 44.0 Å². The molecule has 152 valence electrons. The zero-order valence-corrected chi connectivity index (χ0v) is 17.7. The summed E-state index contributed by atoms with van der Waals surface area (Å²) in [4.78, 5) is 31.4. The number of rotatable bonds is 6. The first-order valence-corrected chi connectivity index (χ1v) is 10.8. The minimum Gasteiger partial charge on any atom is -0.452 e. The van der Waals surface area contributed by atoms with Crippen LogP contribution in [-0.2, 0) is 19.1 Å². The molecule has 2 bridgehead atoms. The van der Waals surface area contributed by atoms with Gasteiger partial charge in [0.15, 0.2) is 6.10 Å². The first-order chi connectivity index (χ1) is 13.8. The Labute approximate surface area is 175 Å². The summed E-state index contributed by atoms with van der Waals surface area (Å²) >= 11 is 1.60. The van der Waals surface area contributed by atoms with Crippen LogP contribution in [0.4, 0.5) is 0 Å². The van der Waals surface area contributed by atoms with Crippen LogP contribution in [0.15, 0.2) is 59.6 Å². The number of hydrogen-bond acceptors (Lipinski definition) is 6. The number of ether oxygens (including phenoxy) is 2. The molecule has 2 aromatic rings. The summed E-state index contributed by atoms with van der Waals surface area (Å²) in [5.41, 5.74) is -1.84. The standard InChI is InChI=1S/C23H25NO4S/c1-21(2)22(3)12-13-23(21,28-19(22)25)20(26)27-18(17-11-7-8-14-24-17)15-29-16-9-5-4-6-10-16/h4-11,14,18H,12-13,15H2,1-3H3/t18-,22-,23+/m0/s1. The molecule has 2 heterocycles. The first kappa shape index (κ1) is 20.0. The van der Waals surface area contributed by atoms with E-state index in [2.05, 4.69) is 4.98 Å². The number of benzene rings is 1. The van der Waals surface area contributed by atoms with Crippen LogP contribution in [0.1, 0.15) is 45.4 Å². The second kappa shape index (κ2) is 7.17. The van der Waals surface area contributed by atoms with Gasteiger partial charge >= 0.3 is 11.9 Å². The Balaban J connectivity index is 1.58. The summed E-state index contributed by atoms with van der Waals surface area (Å²) in [5, 5.41) is 0. The molecule has 0 N–H and O–H groups in total. The SMILES string of the molecule is CC1(C)[C@@]2(C)CC[C@]1(C(=O)O[C@@H](CSc1ccccc1)c1ccccn1)OC2=O. The van der Waals surface area contributed by atoms with Gasteiger partial charge in [-0.2, -0.15) is 0 Å². The lowest BCUT2D eigenvalue weighted by Gasteiger charge is -2.35. The van der Waals surface area contributed by atoms with Crippen molar-refractivity contribution in [1.29, 1.82) is 0 Å². The van der Waals surface area contributed by atoms with Crippen molar-refractivity contribution in [2.75, 3.05) is 5.75 Å². The van der Waals surface area contributed by atoms with Gasteiger partial charge in [-0.15, -0.1) is 11.8 Å². The highest BCUT2D eigenvalue weighted by Gasteiger charge is 2.76. The zero-order valence-electron chi connectivity index (χ0n) is 16.9. The van der Waals surface area contributed by atoms with E-state index >= 15 is 0 Å². The Bertz CT molecular complexity index is 917. The molecule has 0 unspecified atom stereocenters. The molecule has 2 aliphatic rings. The highest BCUT2D eigenvalue weighted by atomic mass is 32.2. The molecular formula is C23H25NO4S. The summed E-state index contributed by atoms with van der Waals surface area (Å²) in [6.07, 6.45) is 2.27. The van der Waals surface area contributed by atoms with Gasteiger partial charge in [-0.1, -0.05) is 38.1 Å². The van der Waals surface area contributed by atoms with Crippen molar-refractivity contribution in [3.63, 3.8) is 0 Å². The molecule has 29 heavy (non-hydrogen) atoms. The second-order valence-corrected chi connectivity index (χ2v) is 9.54. The maximum Gasteiger partial charge on any atom is 0.351 e. The molecule has 1 saturated carbocycles. The van der Waals surface area contributed by atoms with Crippen molar-refractivity contribution < 1.29 is 19.1 Å². The molecule has 4 rings (SSSR count). The monoisotopic (exact) mass is 411 g/mol. The van der Waals surface area contributed by atoms with Gasteiger partial charge < -0.3 is 9.47 Å². The summed E-state index contributed by atoms with van der Waals surface area (Å²) in [6, 6.07) is 15.5. The maximum absolute atomic E-state index is 13.4. The molecule has 3 atom stereocenters. The van der Waals surface area contributed by atoms with Crippen LogP contribution in [0.25, 0.3) is 0 Å². The van der Waals surface area contributed by atoms with Crippen molar-refractivity contribution in [3.8, 4) is 0 Å². The van der Waals surface area contributed by atoms with Crippen LogP contribution in [0.3, 0.4) is 0 Å². The van der Waals surface area contributed by atoms with Gasteiger partial charge in [-0.25, -0.2) is 4.79 Å². The van der Waals surface area contributed by atoms with Gasteiger partial charge in [-0.3, -0.25) is 9.78 Å². The summed E-state index contributed by atoms with van der Waals surface area (Å²) < 4.78 is 11.7. The molecule has 5 nitrogen and oxygen atoms in total. The number of aromatic nitrogens is 1. The third-order valence-electron chi connectivity index (χ3n) is 6.82. The van der Waals surface area contributed by atoms with Crippen molar-refractivity contribution in [3.05, 3.63) is 60.4 Å². The van der Waals surface area contributed by atoms with Crippen LogP contribution in [0.5, 0.6) is 0 Å². The largest absolute Gasteiger partial charge is 0.452 e. The van der Waals surface area contributed by atoms with Crippen molar-refractivity contribution in [2.45, 2.75) is 50.2 Å². The Hall–Kier alpha value is -2.34. The fourth-order valence-electron chi connectivity index (χ4n) is 4.36. The fourth-order valence-corrected chi connectivity index (χ4v) is 5.29. The molecule has 1 aromatic carbocycles. The van der Waals surface area contributed by atoms with Gasteiger partial charge in [0, 0.05) is 22.3 Å². The minimum absolute atomic E-state index is 0.307. The third-order valence-corrected chi connectivity index (χ3v) is 7.90. The van der Waals surface area contributed by atoms with Gasteiger partial charge in [0.05, 0.1) is 11.1 Å². The van der Waals surface area contributed by atoms with E-state index in [1.165, 1.54) is 0 Å². The van der Waals surface area contributed by atoms with Crippen LogP contribution in [-0.4, -0.2) is 28.3 Å². The third kappa shape index (κ3) is 3.05. The van der Waals surface area contributed by atoms with E-state index in [0.717, 1.165) is 4.90 Å². The Kier molecular flexibility index (Phi) is 4.93. The number of fused-ring (bicyclic) bond motifs is 2. The highest BCUT2D eigenvalue weighted by molar-refractivity contribution is 7.99. The molecule has 0 amide bonds. The fraction of sp³-hybridized carbons (Fsp3) is 0.435. The molecule has 0 spiro atoms. The number of pyridine rings is 1. The normalized spacial score (nSPS) is 28.0. The smallest absolute Gasteiger partial charge is 0.351 e. The van der Waals surface area contributed by atoms with Crippen LogP contribution >= 0.6 is 11.8 Å². The van der Waals surface area contributed by atoms with Gasteiger partial charge in [0.25, 0.3) is 0 Å². The molecule has 1 saturated heterocycles. The van der Waals surface area contributed by atoms with Crippen LogP contribution in [0, 0.1) is 10.8 Å². The predicted molar refractivity (Wildman–Crippen MR) is 110 cm³/mol. The van der Waals surface area contributed by atoms with E-state index < -0.39 is 28.5 Å². The van der Waals surface area contributed by atoms with Crippen LogP contribution in [0.2, 0.25) is 0 Å². The van der Waals surface area contributed by atoms with E-state index in [0.29, 0.717) is 24.3 Å². The lowest BCUT2D eigenvalue weighted by Crippen LogP contribution is -2.49. The first-order valence-electron chi connectivity index (χ1n) is 9.83. The number of carbonyl (C=O) groups excluding carboxylic acids is 2. The van der Waals surface area contributed by atoms with Crippen molar-refractivity contribution >= 4 is 23.7 Å². The quantitative estimate of drug-likeness (QED) is 0.512. The number of nitrogens with zero attached hydrogens (tertiary/aromatic N) is 1. The Morgan fingerprint density at radius 3 is 2.45 bits per heavy atom. The lowest BCUT2D eigenvalue weighted by molar-refractivity contribution is -0.186. The number of hydrogen-bond donors (Lipinski definition) is 0. The maximum atomic E-state index is 13.4. The highest BCUT2D eigenvalue weighted by Crippen LogP contribution is 2.66. The van der Waals surface area contributed by atoms with E-state index in [1.54, 1.807) is 18.0 Å². The van der Waals surface area contributed by atoms with Crippen molar-refractivity contribution in [1.82, 2.24) is 4.98 Å². The van der Waals surface area contributed by atoms with Crippen LogP contribution < -0.4 is 0 Å².